The van der Waals surface area contributed by atoms with Crippen molar-refractivity contribution in [2.24, 2.45) is 5.73 Å². The Morgan fingerprint density at radius 1 is 1.14 bits per heavy atom. The maximum Gasteiger partial charge on any atom is 0.140 e. The topological polar surface area (TPSA) is 35.2 Å². The molecule has 2 unspecified atom stereocenters. The molecule has 2 aromatic rings. The second-order valence-electron chi connectivity index (χ2n) is 5.01. The molecule has 2 aromatic carbocycles. The molecule has 0 radical (unpaired) electrons. The van der Waals surface area contributed by atoms with E-state index in [1.807, 2.05) is 32.0 Å². The summed E-state index contributed by atoms with van der Waals surface area (Å²) >= 11 is 15.7. The largest absolute Gasteiger partial charge is 0.482 e. The van der Waals surface area contributed by atoms with Crippen molar-refractivity contribution in [2.45, 2.75) is 26.0 Å². The van der Waals surface area contributed by atoms with Gasteiger partial charge < -0.3 is 10.5 Å². The smallest absolute Gasteiger partial charge is 0.140 e. The van der Waals surface area contributed by atoms with E-state index in [0.29, 0.717) is 15.8 Å². The Morgan fingerprint density at radius 3 is 2.48 bits per heavy atom. The molecule has 0 saturated carbocycles. The molecule has 0 saturated heterocycles. The first-order chi connectivity index (χ1) is 9.88. The molecular weight excluding hydrogens is 373 g/mol. The van der Waals surface area contributed by atoms with Crippen LogP contribution < -0.4 is 10.5 Å². The summed E-state index contributed by atoms with van der Waals surface area (Å²) in [7, 11) is 0. The molecule has 2 N–H and O–H groups in total. The lowest BCUT2D eigenvalue weighted by Crippen LogP contribution is -2.29. The highest BCUT2D eigenvalue weighted by atomic mass is 79.9. The van der Waals surface area contributed by atoms with Gasteiger partial charge in [0.1, 0.15) is 11.9 Å². The third kappa shape index (κ3) is 4.13. The average molecular weight is 389 g/mol. The van der Waals surface area contributed by atoms with Crippen LogP contribution in [0.3, 0.4) is 0 Å². The molecule has 2 atom stereocenters. The molecule has 0 aliphatic rings. The van der Waals surface area contributed by atoms with Crippen LogP contribution in [-0.4, -0.2) is 6.04 Å². The van der Waals surface area contributed by atoms with Gasteiger partial charge in [-0.05, 0) is 41.4 Å². The van der Waals surface area contributed by atoms with E-state index < -0.39 is 0 Å². The van der Waals surface area contributed by atoms with Crippen LogP contribution in [-0.2, 0) is 0 Å². The standard InChI is InChI=1S/C16H16BrCl2NO/c1-9-4-3-5-11(6-9)16(10(2)20)21-15-8-13(18)12(17)7-14(15)19/h3-8,10,16H,20H2,1-2H3. The fourth-order valence-corrected chi connectivity index (χ4v) is 2.89. The Morgan fingerprint density at radius 2 is 1.86 bits per heavy atom. The van der Waals surface area contributed by atoms with Gasteiger partial charge >= 0.3 is 0 Å². The summed E-state index contributed by atoms with van der Waals surface area (Å²) in [6, 6.07) is 11.3. The van der Waals surface area contributed by atoms with Gasteiger partial charge in [0.2, 0.25) is 0 Å². The van der Waals surface area contributed by atoms with Crippen LogP contribution in [0.1, 0.15) is 24.2 Å². The first kappa shape index (κ1) is 16.6. The summed E-state index contributed by atoms with van der Waals surface area (Å²) < 4.78 is 6.75. The average Bonchev–Trinajstić information content (AvgIpc) is 2.41. The maximum atomic E-state index is 6.21. The lowest BCUT2D eigenvalue weighted by Gasteiger charge is -2.24. The number of nitrogens with two attached hydrogens (primary N) is 1. The molecule has 2 rings (SSSR count). The summed E-state index contributed by atoms with van der Waals surface area (Å²) in [6.45, 7) is 3.94. The molecule has 112 valence electrons. The molecule has 2 nitrogen and oxygen atoms in total. The van der Waals surface area contributed by atoms with E-state index in [4.69, 9.17) is 33.7 Å². The van der Waals surface area contributed by atoms with Crippen molar-refractivity contribution in [2.75, 3.05) is 0 Å². The zero-order valence-corrected chi connectivity index (χ0v) is 14.8. The summed E-state index contributed by atoms with van der Waals surface area (Å²) in [5, 5.41) is 1.03. The van der Waals surface area contributed by atoms with Gasteiger partial charge in [-0.3, -0.25) is 0 Å². The Labute approximate surface area is 143 Å². The van der Waals surface area contributed by atoms with E-state index >= 15 is 0 Å². The molecule has 0 aliphatic carbocycles. The highest BCUT2D eigenvalue weighted by Crippen LogP contribution is 2.36. The summed E-state index contributed by atoms with van der Waals surface area (Å²) in [4.78, 5) is 0. The summed E-state index contributed by atoms with van der Waals surface area (Å²) in [6.07, 6.45) is -0.292. The van der Waals surface area contributed by atoms with E-state index in [2.05, 4.69) is 22.0 Å². The molecule has 21 heavy (non-hydrogen) atoms. The van der Waals surface area contributed by atoms with Gasteiger partial charge in [-0.1, -0.05) is 53.0 Å². The molecular formula is C16H16BrCl2NO. The van der Waals surface area contributed by atoms with Gasteiger partial charge in [-0.2, -0.15) is 0 Å². The highest BCUT2D eigenvalue weighted by Gasteiger charge is 2.20. The van der Waals surface area contributed by atoms with Gasteiger partial charge in [0, 0.05) is 16.6 Å². The number of halogens is 3. The van der Waals surface area contributed by atoms with E-state index in [0.717, 1.165) is 15.6 Å². The number of hydrogen-bond acceptors (Lipinski definition) is 2. The summed E-state index contributed by atoms with van der Waals surface area (Å²) in [5.74, 6) is 0.522. The normalized spacial score (nSPS) is 13.8. The summed E-state index contributed by atoms with van der Waals surface area (Å²) in [5.41, 5.74) is 8.24. The van der Waals surface area contributed by atoms with Crippen LogP contribution in [0.25, 0.3) is 0 Å². The number of ether oxygens (including phenoxy) is 1. The first-order valence-electron chi connectivity index (χ1n) is 6.52. The number of benzene rings is 2. The monoisotopic (exact) mass is 387 g/mol. The lowest BCUT2D eigenvalue weighted by molar-refractivity contribution is 0.180. The molecule has 5 heteroatoms. The van der Waals surface area contributed by atoms with Gasteiger partial charge in [0.15, 0.2) is 0 Å². The van der Waals surface area contributed by atoms with E-state index in [1.54, 1.807) is 12.1 Å². The molecule has 0 amide bonds. The molecule has 0 spiro atoms. The van der Waals surface area contributed by atoms with Crippen LogP contribution in [0, 0.1) is 6.92 Å². The second kappa shape index (κ2) is 7.01. The van der Waals surface area contributed by atoms with Gasteiger partial charge in [-0.15, -0.1) is 0 Å². The van der Waals surface area contributed by atoms with Crippen LogP contribution in [0.4, 0.5) is 0 Å². The Bertz CT molecular complexity index is 646. The first-order valence-corrected chi connectivity index (χ1v) is 8.06. The van der Waals surface area contributed by atoms with Crippen LogP contribution in [0.2, 0.25) is 10.0 Å². The quantitative estimate of drug-likeness (QED) is 0.698. The van der Waals surface area contributed by atoms with Gasteiger partial charge in [0.25, 0.3) is 0 Å². The highest BCUT2D eigenvalue weighted by molar-refractivity contribution is 9.10. The molecule has 0 aliphatic heterocycles. The second-order valence-corrected chi connectivity index (χ2v) is 6.68. The number of rotatable bonds is 4. The number of hydrogen-bond donors (Lipinski definition) is 1. The Balaban J connectivity index is 2.35. The van der Waals surface area contributed by atoms with Crippen molar-refractivity contribution in [3.8, 4) is 5.75 Å². The van der Waals surface area contributed by atoms with Crippen molar-refractivity contribution in [1.29, 1.82) is 0 Å². The third-order valence-electron chi connectivity index (χ3n) is 3.08. The van der Waals surface area contributed by atoms with E-state index in [-0.39, 0.29) is 12.1 Å². The molecule has 0 bridgehead atoms. The molecule has 0 fully saturated rings. The van der Waals surface area contributed by atoms with Crippen LogP contribution >= 0.6 is 39.1 Å². The van der Waals surface area contributed by atoms with Crippen molar-refractivity contribution in [3.63, 3.8) is 0 Å². The minimum absolute atomic E-state index is 0.190. The molecule has 0 aromatic heterocycles. The molecule has 0 heterocycles. The Hall–Kier alpha value is -0.740. The minimum atomic E-state index is -0.292. The lowest BCUT2D eigenvalue weighted by atomic mass is 10.0. The zero-order chi connectivity index (χ0) is 15.6. The Kier molecular flexibility index (Phi) is 5.55. The maximum absolute atomic E-state index is 6.21. The van der Waals surface area contributed by atoms with Crippen molar-refractivity contribution >= 4 is 39.1 Å². The fourth-order valence-electron chi connectivity index (χ4n) is 2.06. The minimum Gasteiger partial charge on any atom is -0.482 e. The SMILES string of the molecule is Cc1cccc(C(Oc2cc(Cl)c(Br)cc2Cl)C(C)N)c1. The van der Waals surface area contributed by atoms with E-state index in [1.165, 1.54) is 0 Å². The van der Waals surface area contributed by atoms with Gasteiger partial charge in [-0.25, -0.2) is 0 Å². The van der Waals surface area contributed by atoms with Crippen LogP contribution in [0.15, 0.2) is 40.9 Å². The predicted molar refractivity (Wildman–Crippen MR) is 92.4 cm³/mol. The van der Waals surface area contributed by atoms with Crippen LogP contribution in [0.5, 0.6) is 5.75 Å². The van der Waals surface area contributed by atoms with Crippen molar-refractivity contribution in [1.82, 2.24) is 0 Å². The van der Waals surface area contributed by atoms with Gasteiger partial charge in [0.05, 0.1) is 10.0 Å². The van der Waals surface area contributed by atoms with E-state index in [9.17, 15) is 0 Å². The fraction of sp³-hybridized carbons (Fsp3) is 0.250. The van der Waals surface area contributed by atoms with Crippen molar-refractivity contribution < 1.29 is 4.74 Å². The third-order valence-corrected chi connectivity index (χ3v) is 4.57. The van der Waals surface area contributed by atoms with Crippen molar-refractivity contribution in [3.05, 3.63) is 62.0 Å². The number of aryl methyl sites for hydroxylation is 1. The zero-order valence-electron chi connectivity index (χ0n) is 11.7. The predicted octanol–water partition coefficient (Wildman–Crippen LogP) is 5.53.